The van der Waals surface area contributed by atoms with Gasteiger partial charge in [0.1, 0.15) is 0 Å². The maximum Gasteiger partial charge on any atom is 0.269 e. The molecule has 2 aromatic rings. The van der Waals surface area contributed by atoms with Gasteiger partial charge in [-0.15, -0.1) is 0 Å². The molecule has 1 heterocycles. The van der Waals surface area contributed by atoms with E-state index < -0.39 is 0 Å². The lowest BCUT2D eigenvalue weighted by atomic mass is 10.1. The molecule has 0 fully saturated rings. The Morgan fingerprint density at radius 2 is 2.28 bits per heavy atom. The molecule has 1 aromatic carbocycles. The highest BCUT2D eigenvalue weighted by Crippen LogP contribution is 2.34. The van der Waals surface area contributed by atoms with Gasteiger partial charge in [0.25, 0.3) is 5.69 Å². The molecule has 0 bridgehead atoms. The molecule has 0 aliphatic carbocycles. The Morgan fingerprint density at radius 3 is 2.89 bits per heavy atom. The molecule has 5 nitrogen and oxygen atoms in total. The van der Waals surface area contributed by atoms with E-state index in [1.807, 2.05) is 30.8 Å². The molecule has 0 aliphatic heterocycles. The lowest BCUT2D eigenvalue weighted by Crippen LogP contribution is -1.95. The van der Waals surface area contributed by atoms with Crippen LogP contribution in [0.15, 0.2) is 41.8 Å². The van der Waals surface area contributed by atoms with Crippen molar-refractivity contribution in [2.45, 2.75) is 17.3 Å². The van der Waals surface area contributed by atoms with Crippen LogP contribution in [0.1, 0.15) is 17.7 Å². The predicted molar refractivity (Wildman–Crippen MR) is 70.6 cm³/mol. The van der Waals surface area contributed by atoms with Crippen LogP contribution >= 0.6 is 11.8 Å². The number of non-ortho nitro benzene ring substituents is 1. The van der Waals surface area contributed by atoms with E-state index >= 15 is 0 Å². The summed E-state index contributed by atoms with van der Waals surface area (Å²) in [7, 11) is 1.93. The molecule has 0 spiro atoms. The van der Waals surface area contributed by atoms with Crippen LogP contribution in [0.25, 0.3) is 0 Å². The van der Waals surface area contributed by atoms with Crippen molar-refractivity contribution in [3.05, 3.63) is 52.3 Å². The summed E-state index contributed by atoms with van der Waals surface area (Å²) >= 11 is 1.58. The van der Waals surface area contributed by atoms with Gasteiger partial charge in [0.15, 0.2) is 5.16 Å². The Balaban J connectivity index is 2.18. The topological polar surface area (TPSA) is 61.0 Å². The number of aryl methyl sites for hydroxylation is 1. The zero-order valence-corrected chi connectivity index (χ0v) is 10.9. The zero-order chi connectivity index (χ0) is 13.1. The summed E-state index contributed by atoms with van der Waals surface area (Å²) in [6, 6.07) is 6.72. The van der Waals surface area contributed by atoms with E-state index in [2.05, 4.69) is 4.98 Å². The van der Waals surface area contributed by atoms with Gasteiger partial charge in [0.2, 0.25) is 0 Å². The highest BCUT2D eigenvalue weighted by atomic mass is 32.2. The van der Waals surface area contributed by atoms with E-state index in [1.165, 1.54) is 6.07 Å². The van der Waals surface area contributed by atoms with Crippen molar-refractivity contribution in [1.82, 2.24) is 9.55 Å². The molecule has 0 saturated heterocycles. The van der Waals surface area contributed by atoms with Gasteiger partial charge in [-0.25, -0.2) is 4.98 Å². The van der Waals surface area contributed by atoms with E-state index in [-0.39, 0.29) is 15.9 Å². The van der Waals surface area contributed by atoms with Crippen LogP contribution in [0.4, 0.5) is 5.69 Å². The number of aromatic nitrogens is 2. The molecular weight excluding hydrogens is 250 g/mol. The van der Waals surface area contributed by atoms with Crippen LogP contribution in [0.3, 0.4) is 0 Å². The van der Waals surface area contributed by atoms with Gasteiger partial charge in [0, 0.05) is 36.8 Å². The second-order valence-corrected chi connectivity index (χ2v) is 5.24. The van der Waals surface area contributed by atoms with Crippen molar-refractivity contribution in [2.75, 3.05) is 0 Å². The summed E-state index contributed by atoms with van der Waals surface area (Å²) in [6.45, 7) is 2.01. The summed E-state index contributed by atoms with van der Waals surface area (Å²) < 4.78 is 1.93. The summed E-state index contributed by atoms with van der Waals surface area (Å²) in [6.07, 6.45) is 3.62. The molecule has 1 aromatic heterocycles. The maximum absolute atomic E-state index is 10.7. The number of benzene rings is 1. The third kappa shape index (κ3) is 2.70. The molecule has 6 heteroatoms. The molecule has 1 unspecified atom stereocenters. The summed E-state index contributed by atoms with van der Waals surface area (Å²) in [5.41, 5.74) is 1.05. The van der Waals surface area contributed by atoms with Crippen molar-refractivity contribution in [2.24, 2.45) is 7.05 Å². The Morgan fingerprint density at radius 1 is 1.50 bits per heavy atom. The van der Waals surface area contributed by atoms with Crippen molar-refractivity contribution in [1.29, 1.82) is 0 Å². The Labute approximate surface area is 109 Å². The second-order valence-electron chi connectivity index (χ2n) is 3.93. The molecule has 0 radical (unpaired) electrons. The number of hydrogen-bond acceptors (Lipinski definition) is 4. The average Bonchev–Trinajstić information content (AvgIpc) is 2.75. The van der Waals surface area contributed by atoms with Crippen LogP contribution in [0.2, 0.25) is 0 Å². The molecule has 18 heavy (non-hydrogen) atoms. The minimum Gasteiger partial charge on any atom is -0.329 e. The minimum atomic E-state index is -0.373. The lowest BCUT2D eigenvalue weighted by Gasteiger charge is -2.10. The number of nitrogens with zero attached hydrogens (tertiary/aromatic N) is 3. The normalized spacial score (nSPS) is 12.3. The summed E-state index contributed by atoms with van der Waals surface area (Å²) in [4.78, 5) is 14.6. The first-order chi connectivity index (χ1) is 8.58. The SMILES string of the molecule is CC(Sc1nccn1C)c1cccc([N+](=O)[O-])c1. The van der Waals surface area contributed by atoms with Crippen molar-refractivity contribution >= 4 is 17.4 Å². The van der Waals surface area contributed by atoms with E-state index in [4.69, 9.17) is 0 Å². The number of rotatable bonds is 4. The van der Waals surface area contributed by atoms with Gasteiger partial charge >= 0.3 is 0 Å². The number of hydrogen-bond donors (Lipinski definition) is 0. The van der Waals surface area contributed by atoms with E-state index in [9.17, 15) is 10.1 Å². The Kier molecular flexibility index (Phi) is 3.66. The van der Waals surface area contributed by atoms with E-state index in [0.29, 0.717) is 0 Å². The Hall–Kier alpha value is -1.82. The largest absolute Gasteiger partial charge is 0.329 e. The maximum atomic E-state index is 10.7. The quantitative estimate of drug-likeness (QED) is 0.483. The average molecular weight is 263 g/mol. The number of nitro benzene ring substituents is 1. The second kappa shape index (κ2) is 5.22. The molecule has 1 atom stereocenters. The van der Waals surface area contributed by atoms with E-state index in [0.717, 1.165) is 10.7 Å². The first kappa shape index (κ1) is 12.6. The molecule has 0 amide bonds. The standard InChI is InChI=1S/C12H13N3O2S/c1-9(18-12-13-6-7-14(12)2)10-4-3-5-11(8-10)15(16)17/h3-9H,1-2H3. The van der Waals surface area contributed by atoms with Gasteiger partial charge in [-0.3, -0.25) is 10.1 Å². The molecule has 0 N–H and O–H groups in total. The Bertz CT molecular complexity index is 568. The van der Waals surface area contributed by atoms with Gasteiger partial charge < -0.3 is 4.57 Å². The van der Waals surface area contributed by atoms with Gasteiger partial charge in [0.05, 0.1) is 4.92 Å². The monoisotopic (exact) mass is 263 g/mol. The van der Waals surface area contributed by atoms with Gasteiger partial charge in [-0.1, -0.05) is 23.9 Å². The molecule has 94 valence electrons. The van der Waals surface area contributed by atoms with Crippen molar-refractivity contribution in [3.63, 3.8) is 0 Å². The number of nitro groups is 1. The summed E-state index contributed by atoms with van der Waals surface area (Å²) in [5, 5.41) is 11.7. The van der Waals surface area contributed by atoms with Crippen molar-refractivity contribution in [3.8, 4) is 0 Å². The first-order valence-corrected chi connectivity index (χ1v) is 6.34. The molecule has 0 aliphatic rings. The fourth-order valence-corrected chi connectivity index (χ4v) is 2.53. The highest BCUT2D eigenvalue weighted by Gasteiger charge is 2.13. The molecular formula is C12H13N3O2S. The van der Waals surface area contributed by atoms with Crippen LogP contribution in [-0.4, -0.2) is 14.5 Å². The minimum absolute atomic E-state index is 0.117. The van der Waals surface area contributed by atoms with Crippen LogP contribution in [-0.2, 0) is 7.05 Å². The third-order valence-electron chi connectivity index (χ3n) is 2.61. The van der Waals surface area contributed by atoms with E-state index in [1.54, 1.807) is 30.1 Å². The molecule has 0 saturated carbocycles. The fraction of sp³-hybridized carbons (Fsp3) is 0.250. The predicted octanol–water partition coefficient (Wildman–Crippen LogP) is 3.18. The van der Waals surface area contributed by atoms with Gasteiger partial charge in [-0.05, 0) is 12.5 Å². The zero-order valence-electron chi connectivity index (χ0n) is 10.1. The van der Waals surface area contributed by atoms with Gasteiger partial charge in [-0.2, -0.15) is 0 Å². The highest BCUT2D eigenvalue weighted by molar-refractivity contribution is 7.99. The number of thioether (sulfide) groups is 1. The third-order valence-corrected chi connectivity index (χ3v) is 3.84. The summed E-state index contributed by atoms with van der Waals surface area (Å²) in [5.74, 6) is 0. The lowest BCUT2D eigenvalue weighted by molar-refractivity contribution is -0.384. The number of imidazole rings is 1. The fourth-order valence-electron chi connectivity index (χ4n) is 1.58. The molecule has 2 rings (SSSR count). The first-order valence-electron chi connectivity index (χ1n) is 5.46. The van der Waals surface area contributed by atoms with Crippen LogP contribution in [0.5, 0.6) is 0 Å². The van der Waals surface area contributed by atoms with Crippen LogP contribution in [0, 0.1) is 10.1 Å². The van der Waals surface area contributed by atoms with Crippen LogP contribution < -0.4 is 0 Å². The van der Waals surface area contributed by atoms with Crippen molar-refractivity contribution < 1.29 is 4.92 Å². The smallest absolute Gasteiger partial charge is 0.269 e.